The monoisotopic (exact) mass is 423 g/mol. The fraction of sp³-hybridized carbons (Fsp3) is 0.556. The minimum absolute atomic E-state index is 0.0751. The Morgan fingerprint density at radius 3 is 2.86 bits per heavy atom. The highest BCUT2D eigenvalue weighted by molar-refractivity contribution is 7.99. The summed E-state index contributed by atoms with van der Waals surface area (Å²) in [5.74, 6) is 0.473. The standard InChI is InChI=1S/C18H25N5O3S2/c1-18(2,3)20-16(25)19-14(24)11-28-17-22-21-15(13-7-5-9-27-13)23(17)10-12-6-4-8-26-12/h5,7,9,12H,4,6,8,10-11H2,1-3H3,(H2,19,20,24,25)/t12-/m0/s1. The molecule has 2 N–H and O–H groups in total. The first-order chi connectivity index (χ1) is 13.3. The van der Waals surface area contributed by atoms with Crippen LogP contribution in [-0.2, 0) is 16.1 Å². The zero-order valence-electron chi connectivity index (χ0n) is 16.2. The first kappa shape index (κ1) is 20.8. The molecule has 28 heavy (non-hydrogen) atoms. The number of nitrogens with zero attached hydrogens (tertiary/aromatic N) is 3. The van der Waals surface area contributed by atoms with E-state index >= 15 is 0 Å². The Bertz CT molecular complexity index is 808. The maximum absolute atomic E-state index is 12.1. The Balaban J connectivity index is 1.66. The number of carbonyl (C=O) groups excluding carboxylic acids is 2. The van der Waals surface area contributed by atoms with E-state index in [4.69, 9.17) is 4.74 Å². The number of thioether (sulfide) groups is 1. The highest BCUT2D eigenvalue weighted by atomic mass is 32.2. The summed E-state index contributed by atoms with van der Waals surface area (Å²) in [4.78, 5) is 25.0. The molecule has 0 bridgehead atoms. The molecule has 1 aliphatic rings. The van der Waals surface area contributed by atoms with Crippen molar-refractivity contribution in [2.75, 3.05) is 12.4 Å². The van der Waals surface area contributed by atoms with Crippen molar-refractivity contribution in [3.05, 3.63) is 17.5 Å². The summed E-state index contributed by atoms with van der Waals surface area (Å²) in [5.41, 5.74) is -0.408. The molecule has 152 valence electrons. The van der Waals surface area contributed by atoms with Crippen LogP contribution in [0, 0.1) is 0 Å². The molecule has 2 aromatic rings. The number of nitrogens with one attached hydrogen (secondary N) is 2. The maximum Gasteiger partial charge on any atom is 0.321 e. The van der Waals surface area contributed by atoms with Gasteiger partial charge < -0.3 is 10.1 Å². The summed E-state index contributed by atoms with van der Waals surface area (Å²) in [5, 5.41) is 16.3. The van der Waals surface area contributed by atoms with Gasteiger partial charge >= 0.3 is 6.03 Å². The van der Waals surface area contributed by atoms with Crippen LogP contribution in [0.15, 0.2) is 22.7 Å². The Morgan fingerprint density at radius 1 is 1.39 bits per heavy atom. The maximum atomic E-state index is 12.1. The number of rotatable bonds is 6. The lowest BCUT2D eigenvalue weighted by Gasteiger charge is -2.20. The van der Waals surface area contributed by atoms with Crippen molar-refractivity contribution in [1.29, 1.82) is 0 Å². The molecule has 0 radical (unpaired) electrons. The molecule has 8 nitrogen and oxygen atoms in total. The van der Waals surface area contributed by atoms with E-state index in [0.29, 0.717) is 11.7 Å². The molecule has 0 saturated carbocycles. The molecule has 10 heteroatoms. The SMILES string of the molecule is CC(C)(C)NC(=O)NC(=O)CSc1nnc(-c2cccs2)n1C[C@@H]1CCCO1. The first-order valence-corrected chi connectivity index (χ1v) is 11.0. The van der Waals surface area contributed by atoms with Crippen LogP contribution in [0.2, 0.25) is 0 Å². The fourth-order valence-electron chi connectivity index (χ4n) is 2.80. The minimum atomic E-state index is -0.502. The van der Waals surface area contributed by atoms with Gasteiger partial charge in [-0.1, -0.05) is 17.8 Å². The van der Waals surface area contributed by atoms with Gasteiger partial charge in [-0.15, -0.1) is 21.5 Å². The van der Waals surface area contributed by atoms with E-state index in [1.807, 2.05) is 42.9 Å². The summed E-state index contributed by atoms with van der Waals surface area (Å²) in [6.07, 6.45) is 2.18. The molecular formula is C18H25N5O3S2. The Kier molecular flexibility index (Phi) is 6.73. The van der Waals surface area contributed by atoms with Crippen LogP contribution in [0.1, 0.15) is 33.6 Å². The number of thiophene rings is 1. The summed E-state index contributed by atoms with van der Waals surface area (Å²) in [6.45, 7) is 6.98. The van der Waals surface area contributed by atoms with E-state index in [9.17, 15) is 9.59 Å². The van der Waals surface area contributed by atoms with Gasteiger partial charge in [0.15, 0.2) is 11.0 Å². The quantitative estimate of drug-likeness (QED) is 0.693. The fourth-order valence-corrected chi connectivity index (χ4v) is 4.27. The van der Waals surface area contributed by atoms with Crippen molar-refractivity contribution < 1.29 is 14.3 Å². The second-order valence-corrected chi connectivity index (χ2v) is 9.46. The topological polar surface area (TPSA) is 98.1 Å². The van der Waals surface area contributed by atoms with Crippen molar-refractivity contribution >= 4 is 35.0 Å². The van der Waals surface area contributed by atoms with Crippen LogP contribution in [0.4, 0.5) is 4.79 Å². The number of aromatic nitrogens is 3. The van der Waals surface area contributed by atoms with Gasteiger partial charge in [-0.2, -0.15) is 0 Å². The molecule has 3 rings (SSSR count). The molecule has 0 aliphatic carbocycles. The zero-order chi connectivity index (χ0) is 20.1. The molecule has 1 aliphatic heterocycles. The van der Waals surface area contributed by atoms with Crippen molar-refractivity contribution in [3.8, 4) is 10.7 Å². The largest absolute Gasteiger partial charge is 0.376 e. The van der Waals surface area contributed by atoms with Crippen molar-refractivity contribution in [3.63, 3.8) is 0 Å². The van der Waals surface area contributed by atoms with Gasteiger partial charge in [0.1, 0.15) is 0 Å². The lowest BCUT2D eigenvalue weighted by atomic mass is 10.1. The summed E-state index contributed by atoms with van der Waals surface area (Å²) < 4.78 is 7.77. The van der Waals surface area contributed by atoms with Gasteiger partial charge in [0, 0.05) is 12.1 Å². The normalized spacial score (nSPS) is 16.9. The predicted molar refractivity (Wildman–Crippen MR) is 109 cm³/mol. The molecule has 0 spiro atoms. The second kappa shape index (κ2) is 9.06. The molecule has 0 aromatic carbocycles. The average molecular weight is 424 g/mol. The van der Waals surface area contributed by atoms with Gasteiger partial charge in [0.05, 0.1) is 23.3 Å². The van der Waals surface area contributed by atoms with E-state index in [1.165, 1.54) is 11.8 Å². The molecular weight excluding hydrogens is 398 g/mol. The van der Waals surface area contributed by atoms with Crippen molar-refractivity contribution in [1.82, 2.24) is 25.4 Å². The molecule has 2 aromatic heterocycles. The first-order valence-electron chi connectivity index (χ1n) is 9.15. The average Bonchev–Trinajstić information content (AvgIpc) is 3.33. The van der Waals surface area contributed by atoms with Crippen LogP contribution >= 0.6 is 23.1 Å². The smallest absolute Gasteiger partial charge is 0.321 e. The lowest BCUT2D eigenvalue weighted by molar-refractivity contribution is -0.117. The number of hydrogen-bond acceptors (Lipinski definition) is 7. The van der Waals surface area contributed by atoms with Gasteiger partial charge in [-0.3, -0.25) is 14.7 Å². The number of ether oxygens (including phenoxy) is 1. The van der Waals surface area contributed by atoms with Gasteiger partial charge in [0.2, 0.25) is 5.91 Å². The number of amides is 3. The number of urea groups is 1. The van der Waals surface area contributed by atoms with Gasteiger partial charge in [0.25, 0.3) is 0 Å². The van der Waals surface area contributed by atoms with Gasteiger partial charge in [-0.05, 0) is 45.1 Å². The highest BCUT2D eigenvalue weighted by Crippen LogP contribution is 2.28. The predicted octanol–water partition coefficient (Wildman–Crippen LogP) is 2.90. The van der Waals surface area contributed by atoms with E-state index in [1.54, 1.807) is 11.3 Å². The van der Waals surface area contributed by atoms with Crippen LogP contribution in [0.25, 0.3) is 10.7 Å². The van der Waals surface area contributed by atoms with Crippen LogP contribution < -0.4 is 10.6 Å². The third-order valence-corrected chi connectivity index (χ3v) is 5.78. The van der Waals surface area contributed by atoms with Crippen molar-refractivity contribution in [2.24, 2.45) is 0 Å². The van der Waals surface area contributed by atoms with Crippen LogP contribution in [-0.4, -0.2) is 50.7 Å². The molecule has 1 atom stereocenters. The molecule has 1 saturated heterocycles. The number of hydrogen-bond donors (Lipinski definition) is 2. The lowest BCUT2D eigenvalue weighted by Crippen LogP contribution is -2.48. The Morgan fingerprint density at radius 2 is 2.21 bits per heavy atom. The van der Waals surface area contributed by atoms with Crippen LogP contribution in [0.3, 0.4) is 0 Å². The van der Waals surface area contributed by atoms with E-state index in [2.05, 4.69) is 20.8 Å². The summed E-state index contributed by atoms with van der Waals surface area (Å²) in [6, 6.07) is 3.47. The molecule has 3 amide bonds. The van der Waals surface area contributed by atoms with E-state index in [-0.39, 0.29) is 17.8 Å². The van der Waals surface area contributed by atoms with Gasteiger partial charge in [-0.25, -0.2) is 4.79 Å². The molecule has 0 unspecified atom stereocenters. The van der Waals surface area contributed by atoms with Crippen LogP contribution in [0.5, 0.6) is 0 Å². The van der Waals surface area contributed by atoms with E-state index < -0.39 is 11.6 Å². The Labute approximate surface area is 172 Å². The summed E-state index contributed by atoms with van der Waals surface area (Å²) in [7, 11) is 0. The van der Waals surface area contributed by atoms with E-state index in [0.717, 1.165) is 30.2 Å². The second-order valence-electron chi connectivity index (χ2n) is 7.57. The van der Waals surface area contributed by atoms with Crippen molar-refractivity contribution in [2.45, 2.75) is 57.0 Å². The number of carbonyl (C=O) groups is 2. The molecule has 3 heterocycles. The third kappa shape index (κ3) is 5.79. The minimum Gasteiger partial charge on any atom is -0.376 e. The Hall–Kier alpha value is -1.91. The number of imide groups is 1. The third-order valence-electron chi connectivity index (χ3n) is 3.94. The highest BCUT2D eigenvalue weighted by Gasteiger charge is 2.23. The summed E-state index contributed by atoms with van der Waals surface area (Å²) >= 11 is 2.86. The molecule has 1 fully saturated rings. The zero-order valence-corrected chi connectivity index (χ0v) is 17.9.